The maximum absolute atomic E-state index is 12.4. The number of pyridine rings is 1. The molecule has 29 heavy (non-hydrogen) atoms. The van der Waals surface area contributed by atoms with Gasteiger partial charge in [-0.3, -0.25) is 10.1 Å². The van der Waals surface area contributed by atoms with Crippen LogP contribution in [-0.4, -0.2) is 16.7 Å². The fourth-order valence-corrected chi connectivity index (χ4v) is 2.69. The van der Waals surface area contributed by atoms with E-state index in [4.69, 9.17) is 9.47 Å². The number of hydrogen-bond donors (Lipinski definition) is 2. The van der Waals surface area contributed by atoms with Gasteiger partial charge >= 0.3 is 6.09 Å². The molecule has 3 aromatic rings. The Hall–Kier alpha value is -3.54. The summed E-state index contributed by atoms with van der Waals surface area (Å²) >= 11 is 0. The zero-order valence-corrected chi connectivity index (χ0v) is 16.7. The topological polar surface area (TPSA) is 80.4 Å². The lowest BCUT2D eigenvalue weighted by Gasteiger charge is -2.21. The summed E-state index contributed by atoms with van der Waals surface area (Å²) in [6.07, 6.45) is -0.687. The highest BCUT2D eigenvalue weighted by atomic mass is 16.5. The molecule has 0 atom stereocenters. The van der Waals surface area contributed by atoms with Gasteiger partial charge in [-0.2, -0.15) is 0 Å². The number of hydrogen-bond acceptors (Lipinski definition) is 4. The summed E-state index contributed by atoms with van der Waals surface area (Å²) in [6.45, 7) is 6.04. The van der Waals surface area contributed by atoms with E-state index in [0.717, 1.165) is 11.1 Å². The minimum absolute atomic E-state index is 0.119. The lowest BCUT2D eigenvalue weighted by atomic mass is 10.1. The summed E-state index contributed by atoms with van der Waals surface area (Å²) in [5.74, 6) is 0.711. The lowest BCUT2D eigenvalue weighted by molar-refractivity contribution is 0.131. The number of rotatable bonds is 5. The van der Waals surface area contributed by atoms with E-state index < -0.39 is 11.7 Å². The van der Waals surface area contributed by atoms with Gasteiger partial charge in [-0.05, 0) is 50.6 Å². The molecule has 0 unspecified atom stereocenters. The minimum Gasteiger partial charge on any atom is -0.488 e. The number of aromatic nitrogens is 1. The van der Waals surface area contributed by atoms with Gasteiger partial charge in [0.15, 0.2) is 0 Å². The average Bonchev–Trinajstić information content (AvgIpc) is 2.68. The van der Waals surface area contributed by atoms with Gasteiger partial charge in [-0.25, -0.2) is 4.79 Å². The highest BCUT2D eigenvalue weighted by Gasteiger charge is 2.13. The molecule has 3 rings (SSSR count). The first-order chi connectivity index (χ1) is 13.8. The maximum atomic E-state index is 12.4. The highest BCUT2D eigenvalue weighted by molar-refractivity contribution is 5.84. The molecule has 0 aliphatic heterocycles. The van der Waals surface area contributed by atoms with Gasteiger partial charge in [0.05, 0.1) is 0 Å². The molecule has 0 aliphatic rings. The lowest BCUT2D eigenvalue weighted by Crippen LogP contribution is -2.23. The molecule has 1 aromatic heterocycles. The van der Waals surface area contributed by atoms with E-state index in [1.807, 2.05) is 75.4 Å². The van der Waals surface area contributed by atoms with E-state index in [2.05, 4.69) is 10.3 Å². The molecule has 0 bridgehead atoms. The van der Waals surface area contributed by atoms with Crippen molar-refractivity contribution in [1.29, 1.82) is 0 Å². The number of ether oxygens (including phenoxy) is 2. The minimum atomic E-state index is -0.687. The quantitative estimate of drug-likeness (QED) is 0.642. The van der Waals surface area contributed by atoms with Crippen molar-refractivity contribution in [3.8, 4) is 17.0 Å². The number of benzene rings is 2. The van der Waals surface area contributed by atoms with Crippen LogP contribution in [0.1, 0.15) is 26.3 Å². The van der Waals surface area contributed by atoms with Crippen molar-refractivity contribution in [2.45, 2.75) is 33.0 Å². The standard InChI is InChI=1S/C23H24N2O4/c1-23(2,3)29-18-11-7-10-17(14-18)19-12-13-20(21(26)24-19)25-22(27)28-15-16-8-5-4-6-9-16/h4-14H,15H2,1-3H3,(H,24,26)(H,25,27). The molecular formula is C23H24N2O4. The van der Waals surface area contributed by atoms with E-state index in [0.29, 0.717) is 11.4 Å². The molecule has 6 heteroatoms. The largest absolute Gasteiger partial charge is 0.488 e. The zero-order valence-electron chi connectivity index (χ0n) is 16.7. The molecule has 0 saturated carbocycles. The third kappa shape index (κ3) is 5.97. The Morgan fingerprint density at radius 1 is 1.00 bits per heavy atom. The zero-order chi connectivity index (χ0) is 20.9. The monoisotopic (exact) mass is 392 g/mol. The van der Waals surface area contributed by atoms with Gasteiger partial charge in [0, 0.05) is 11.3 Å². The van der Waals surface area contributed by atoms with Gasteiger partial charge in [0.1, 0.15) is 23.6 Å². The van der Waals surface area contributed by atoms with E-state index in [9.17, 15) is 9.59 Å². The van der Waals surface area contributed by atoms with E-state index >= 15 is 0 Å². The fourth-order valence-electron chi connectivity index (χ4n) is 2.69. The Kier molecular flexibility index (Phi) is 6.02. The Bertz CT molecular complexity index is 1040. The molecule has 0 spiro atoms. The second-order valence-electron chi connectivity index (χ2n) is 7.54. The Balaban J connectivity index is 1.68. The predicted molar refractivity (Wildman–Crippen MR) is 113 cm³/mol. The van der Waals surface area contributed by atoms with Crippen LogP contribution in [-0.2, 0) is 11.3 Å². The number of nitrogens with one attached hydrogen (secondary N) is 2. The molecule has 0 radical (unpaired) electrons. The number of carbonyl (C=O) groups is 1. The molecule has 0 aliphatic carbocycles. The number of carbonyl (C=O) groups excluding carboxylic acids is 1. The van der Waals surface area contributed by atoms with Gasteiger partial charge < -0.3 is 14.5 Å². The van der Waals surface area contributed by atoms with Crippen LogP contribution in [0.5, 0.6) is 5.75 Å². The summed E-state index contributed by atoms with van der Waals surface area (Å²) in [5.41, 5.74) is 1.68. The normalized spacial score (nSPS) is 11.0. The van der Waals surface area contributed by atoms with Crippen LogP contribution in [0.2, 0.25) is 0 Å². The van der Waals surface area contributed by atoms with Crippen LogP contribution in [0.3, 0.4) is 0 Å². The van der Waals surface area contributed by atoms with E-state index in [-0.39, 0.29) is 17.9 Å². The third-order valence-electron chi connectivity index (χ3n) is 3.93. The second kappa shape index (κ2) is 8.65. The Labute approximate surface area is 169 Å². The first-order valence-corrected chi connectivity index (χ1v) is 9.31. The number of amides is 1. The van der Waals surface area contributed by atoms with Gasteiger partial charge in [0.25, 0.3) is 5.56 Å². The Morgan fingerprint density at radius 2 is 1.76 bits per heavy atom. The molecule has 1 amide bonds. The summed E-state index contributed by atoms with van der Waals surface area (Å²) in [6, 6.07) is 20.1. The molecule has 6 nitrogen and oxygen atoms in total. The van der Waals surface area contributed by atoms with E-state index in [1.165, 1.54) is 0 Å². The van der Waals surface area contributed by atoms with Crippen molar-refractivity contribution in [3.05, 3.63) is 82.6 Å². The van der Waals surface area contributed by atoms with Crippen molar-refractivity contribution in [1.82, 2.24) is 4.98 Å². The van der Waals surface area contributed by atoms with E-state index in [1.54, 1.807) is 12.1 Å². The van der Waals surface area contributed by atoms with Crippen molar-refractivity contribution in [2.75, 3.05) is 5.32 Å². The highest BCUT2D eigenvalue weighted by Crippen LogP contribution is 2.24. The van der Waals surface area contributed by atoms with Crippen molar-refractivity contribution >= 4 is 11.8 Å². The third-order valence-corrected chi connectivity index (χ3v) is 3.93. The van der Waals surface area contributed by atoms with Crippen LogP contribution in [0.15, 0.2) is 71.5 Å². The fraction of sp³-hybridized carbons (Fsp3) is 0.217. The summed E-state index contributed by atoms with van der Waals surface area (Å²) in [7, 11) is 0. The van der Waals surface area contributed by atoms with Crippen LogP contribution < -0.4 is 15.6 Å². The number of anilines is 1. The van der Waals surface area contributed by atoms with Crippen molar-refractivity contribution < 1.29 is 14.3 Å². The first-order valence-electron chi connectivity index (χ1n) is 9.31. The molecule has 1 heterocycles. The van der Waals surface area contributed by atoms with Crippen LogP contribution in [0.25, 0.3) is 11.3 Å². The summed E-state index contributed by atoms with van der Waals surface area (Å²) < 4.78 is 11.0. The van der Waals surface area contributed by atoms with Gasteiger partial charge in [-0.15, -0.1) is 0 Å². The molecule has 0 saturated heterocycles. The SMILES string of the molecule is CC(C)(C)Oc1cccc(-c2ccc(NC(=O)OCc3ccccc3)c(=O)[nH]2)c1. The second-order valence-corrected chi connectivity index (χ2v) is 7.54. The molecule has 2 N–H and O–H groups in total. The molecule has 2 aromatic carbocycles. The first kappa shape index (κ1) is 20.2. The number of aromatic amines is 1. The average molecular weight is 392 g/mol. The van der Waals surface area contributed by atoms with Crippen molar-refractivity contribution in [3.63, 3.8) is 0 Å². The molecular weight excluding hydrogens is 368 g/mol. The van der Waals surface area contributed by atoms with Crippen molar-refractivity contribution in [2.24, 2.45) is 0 Å². The van der Waals surface area contributed by atoms with Crippen LogP contribution in [0.4, 0.5) is 10.5 Å². The molecule has 0 fully saturated rings. The summed E-state index contributed by atoms with van der Waals surface area (Å²) in [5, 5.41) is 2.47. The summed E-state index contributed by atoms with van der Waals surface area (Å²) in [4.78, 5) is 27.1. The van der Waals surface area contributed by atoms with Crippen LogP contribution in [0, 0.1) is 0 Å². The number of H-pyrrole nitrogens is 1. The van der Waals surface area contributed by atoms with Crippen LogP contribution >= 0.6 is 0 Å². The smallest absolute Gasteiger partial charge is 0.412 e. The predicted octanol–water partition coefficient (Wildman–Crippen LogP) is 4.97. The van der Waals surface area contributed by atoms with Gasteiger partial charge in [-0.1, -0.05) is 42.5 Å². The Morgan fingerprint density at radius 3 is 2.45 bits per heavy atom. The maximum Gasteiger partial charge on any atom is 0.412 e. The van der Waals surface area contributed by atoms with Gasteiger partial charge in [0.2, 0.25) is 0 Å². The molecule has 150 valence electrons.